The summed E-state index contributed by atoms with van der Waals surface area (Å²) in [7, 11) is 0. The summed E-state index contributed by atoms with van der Waals surface area (Å²) in [5, 5.41) is 13.5. The highest BCUT2D eigenvalue weighted by atomic mass is 16.5. The van der Waals surface area contributed by atoms with Gasteiger partial charge in [0.15, 0.2) is 0 Å². The number of nitrogens with two attached hydrogens (primary N) is 2. The van der Waals surface area contributed by atoms with Crippen LogP contribution in [0.3, 0.4) is 0 Å². The van der Waals surface area contributed by atoms with E-state index in [1.807, 2.05) is 29.8 Å². The summed E-state index contributed by atoms with van der Waals surface area (Å²) in [4.78, 5) is 16.8. The fourth-order valence-electron chi connectivity index (χ4n) is 3.00. The molecule has 4 aromatic rings. The molecule has 10 nitrogen and oxygen atoms in total. The van der Waals surface area contributed by atoms with E-state index in [-0.39, 0.29) is 17.3 Å². The van der Waals surface area contributed by atoms with Crippen LogP contribution in [0, 0.1) is 11.3 Å². The van der Waals surface area contributed by atoms with Gasteiger partial charge in [-0.25, -0.2) is 9.97 Å². The van der Waals surface area contributed by atoms with E-state index >= 15 is 0 Å². The number of nitrogens with zero attached hydrogens (tertiary/aromatic N) is 7. The molecule has 29 heavy (non-hydrogen) atoms. The van der Waals surface area contributed by atoms with Gasteiger partial charge in [-0.3, -0.25) is 0 Å². The number of nitrogen functional groups attached to an aromatic ring is 2. The number of aromatic nitrogens is 6. The van der Waals surface area contributed by atoms with Crippen molar-refractivity contribution in [3.8, 4) is 28.7 Å². The molecule has 4 N–H and O–H groups in total. The summed E-state index contributed by atoms with van der Waals surface area (Å²) in [6.07, 6.45) is 4.42. The lowest BCUT2D eigenvalue weighted by Crippen LogP contribution is -2.05. The van der Waals surface area contributed by atoms with Gasteiger partial charge in [-0.15, -0.1) is 0 Å². The van der Waals surface area contributed by atoms with E-state index in [4.69, 9.17) is 16.0 Å². The van der Waals surface area contributed by atoms with Crippen molar-refractivity contribution in [2.24, 2.45) is 0 Å². The van der Waals surface area contributed by atoms with Gasteiger partial charge in [-0.05, 0) is 6.07 Å². The second-order valence-electron chi connectivity index (χ2n) is 6.22. The minimum absolute atomic E-state index is 0.00388. The summed E-state index contributed by atoms with van der Waals surface area (Å²) >= 11 is 0. The molecule has 0 aliphatic carbocycles. The molecule has 3 aromatic heterocycles. The third-order valence-corrected chi connectivity index (χ3v) is 4.35. The normalized spacial score (nSPS) is 10.8. The molecule has 0 saturated carbocycles. The molecule has 0 atom stereocenters. The molecule has 0 amide bonds. The molecule has 3 heterocycles. The smallest absolute Gasteiger partial charge is 0.246 e. The van der Waals surface area contributed by atoms with Gasteiger partial charge in [0.2, 0.25) is 17.7 Å². The van der Waals surface area contributed by atoms with Crippen LogP contribution >= 0.6 is 0 Å². The molecule has 4 rings (SSSR count). The van der Waals surface area contributed by atoms with Crippen LogP contribution in [0.1, 0.15) is 24.2 Å². The first-order valence-electron chi connectivity index (χ1n) is 8.85. The lowest BCUT2D eigenvalue weighted by molar-refractivity contribution is 0.370. The minimum Gasteiger partial charge on any atom is -0.382 e. The van der Waals surface area contributed by atoms with Gasteiger partial charge in [0, 0.05) is 29.9 Å². The van der Waals surface area contributed by atoms with Crippen molar-refractivity contribution >= 4 is 11.8 Å². The van der Waals surface area contributed by atoms with E-state index in [1.54, 1.807) is 24.4 Å². The molecule has 0 aliphatic heterocycles. The number of hydrogen-bond acceptors (Lipinski definition) is 9. The fourth-order valence-corrected chi connectivity index (χ4v) is 3.00. The Kier molecular flexibility index (Phi) is 4.62. The van der Waals surface area contributed by atoms with Crippen molar-refractivity contribution in [3.63, 3.8) is 0 Å². The third kappa shape index (κ3) is 3.49. The molecule has 0 bridgehead atoms. The van der Waals surface area contributed by atoms with Crippen molar-refractivity contribution in [3.05, 3.63) is 53.9 Å². The maximum atomic E-state index is 9.41. The largest absolute Gasteiger partial charge is 0.382 e. The Balaban J connectivity index is 1.67. The quantitative estimate of drug-likeness (QED) is 0.522. The highest BCUT2D eigenvalue weighted by Crippen LogP contribution is 2.28. The molecule has 0 unspecified atom stereocenters. The molecule has 0 saturated heterocycles. The van der Waals surface area contributed by atoms with Gasteiger partial charge in [0.1, 0.15) is 29.8 Å². The van der Waals surface area contributed by atoms with Crippen LogP contribution in [0.5, 0.6) is 0 Å². The van der Waals surface area contributed by atoms with Gasteiger partial charge in [0.05, 0.1) is 5.69 Å². The average molecular weight is 387 g/mol. The van der Waals surface area contributed by atoms with Crippen LogP contribution in [0.2, 0.25) is 0 Å². The van der Waals surface area contributed by atoms with Gasteiger partial charge < -0.3 is 20.6 Å². The molecule has 0 fully saturated rings. The molecule has 1 aromatic carbocycles. The van der Waals surface area contributed by atoms with E-state index in [0.29, 0.717) is 35.1 Å². The number of hydrogen-bond donors (Lipinski definition) is 2. The zero-order valence-corrected chi connectivity index (χ0v) is 15.6. The van der Waals surface area contributed by atoms with Gasteiger partial charge >= 0.3 is 0 Å². The predicted octanol–water partition coefficient (Wildman–Crippen LogP) is 2.04. The van der Waals surface area contributed by atoms with Crippen LogP contribution in [-0.4, -0.2) is 29.7 Å². The zero-order chi connectivity index (χ0) is 20.4. The predicted molar refractivity (Wildman–Crippen MR) is 105 cm³/mol. The topological polar surface area (TPSA) is 158 Å². The van der Waals surface area contributed by atoms with E-state index in [0.717, 1.165) is 12.2 Å². The van der Waals surface area contributed by atoms with Crippen molar-refractivity contribution in [1.82, 2.24) is 29.7 Å². The van der Waals surface area contributed by atoms with Crippen molar-refractivity contribution < 1.29 is 4.52 Å². The van der Waals surface area contributed by atoms with Crippen LogP contribution in [0.25, 0.3) is 22.6 Å². The second-order valence-corrected chi connectivity index (χ2v) is 6.22. The molecule has 0 radical (unpaired) electrons. The minimum atomic E-state index is -0.00388. The maximum absolute atomic E-state index is 9.41. The Bertz CT molecular complexity index is 1220. The first-order chi connectivity index (χ1) is 14.1. The highest BCUT2D eigenvalue weighted by molar-refractivity contribution is 5.76. The number of aryl methyl sites for hydroxylation is 1. The Morgan fingerprint density at radius 3 is 2.79 bits per heavy atom. The van der Waals surface area contributed by atoms with Gasteiger partial charge in [0.25, 0.3) is 0 Å². The summed E-state index contributed by atoms with van der Waals surface area (Å²) in [5.41, 5.74) is 13.4. The van der Waals surface area contributed by atoms with Crippen LogP contribution in [0.4, 0.5) is 11.8 Å². The van der Waals surface area contributed by atoms with E-state index in [2.05, 4.69) is 25.1 Å². The number of anilines is 2. The van der Waals surface area contributed by atoms with E-state index in [9.17, 15) is 5.26 Å². The molecule has 0 spiro atoms. The Morgan fingerprint density at radius 2 is 2.00 bits per heavy atom. The molecule has 0 aliphatic rings. The highest BCUT2D eigenvalue weighted by Gasteiger charge is 2.16. The molecular formula is C19H17N9O. The Labute approximate surface area is 165 Å². The van der Waals surface area contributed by atoms with Crippen LogP contribution < -0.4 is 11.5 Å². The monoisotopic (exact) mass is 387 g/mol. The zero-order valence-electron chi connectivity index (χ0n) is 15.6. The third-order valence-electron chi connectivity index (χ3n) is 4.35. The second kappa shape index (κ2) is 7.40. The van der Waals surface area contributed by atoms with Crippen LogP contribution in [0.15, 0.2) is 41.2 Å². The summed E-state index contributed by atoms with van der Waals surface area (Å²) in [6, 6.07) is 9.27. The van der Waals surface area contributed by atoms with Gasteiger partial charge in [-0.1, -0.05) is 30.3 Å². The first kappa shape index (κ1) is 18.1. The summed E-state index contributed by atoms with van der Waals surface area (Å²) in [5.74, 6) is 1.86. The van der Waals surface area contributed by atoms with Crippen molar-refractivity contribution in [2.75, 3.05) is 11.5 Å². The number of rotatable bonds is 5. The van der Waals surface area contributed by atoms with Gasteiger partial charge in [-0.2, -0.15) is 15.2 Å². The van der Waals surface area contributed by atoms with Crippen LogP contribution in [-0.2, 0) is 13.0 Å². The lowest BCUT2D eigenvalue weighted by Gasteiger charge is -2.07. The molecule has 144 valence electrons. The summed E-state index contributed by atoms with van der Waals surface area (Å²) in [6.45, 7) is 2.47. The Hall–Kier alpha value is -4.26. The number of imidazole rings is 1. The summed E-state index contributed by atoms with van der Waals surface area (Å²) < 4.78 is 7.35. The maximum Gasteiger partial charge on any atom is 0.246 e. The molecule has 10 heteroatoms. The fraction of sp³-hybridized carbons (Fsp3) is 0.158. The van der Waals surface area contributed by atoms with E-state index in [1.165, 1.54) is 0 Å². The van der Waals surface area contributed by atoms with Crippen molar-refractivity contribution in [2.45, 2.75) is 19.9 Å². The average Bonchev–Trinajstić information content (AvgIpc) is 3.37. The van der Waals surface area contributed by atoms with Crippen molar-refractivity contribution in [1.29, 1.82) is 5.26 Å². The number of nitriles is 1. The first-order valence-corrected chi connectivity index (χ1v) is 8.85. The Morgan fingerprint density at radius 1 is 1.17 bits per heavy atom. The lowest BCUT2D eigenvalue weighted by atomic mass is 10.0. The standard InChI is InChI=1S/C19H17N9O/c1-2-14-23-6-7-28(14)10-15-24-18(27-29-15)12-5-3-4-11(8-12)16-13(9-20)17(21)26-19(22)25-16/h3-8H,2,10H2,1H3,(H4,21,22,25,26). The SMILES string of the molecule is CCc1nccn1Cc1nc(-c2cccc(-c3nc(N)nc(N)c3C#N)c2)no1. The number of benzene rings is 1. The molecular weight excluding hydrogens is 370 g/mol. The van der Waals surface area contributed by atoms with E-state index < -0.39 is 0 Å².